The van der Waals surface area contributed by atoms with Gasteiger partial charge in [0.2, 0.25) is 0 Å². The first-order chi connectivity index (χ1) is 12.1. The fourth-order valence-corrected chi connectivity index (χ4v) is 3.39. The highest BCUT2D eigenvalue weighted by Gasteiger charge is 2.29. The topological polar surface area (TPSA) is 63.5 Å². The summed E-state index contributed by atoms with van der Waals surface area (Å²) in [6, 6.07) is 4.39. The molecule has 1 aromatic rings. The van der Waals surface area contributed by atoms with Crippen LogP contribution in [0.15, 0.2) is 39.6 Å². The van der Waals surface area contributed by atoms with Gasteiger partial charge in [-0.1, -0.05) is 6.07 Å². The number of likely N-dealkylation sites (tertiary alicyclic amines) is 1. The van der Waals surface area contributed by atoms with E-state index in [1.54, 1.807) is 7.05 Å². The van der Waals surface area contributed by atoms with E-state index in [0.29, 0.717) is 25.2 Å². The van der Waals surface area contributed by atoms with Crippen molar-refractivity contribution in [1.29, 1.82) is 0 Å². The molecule has 2 heterocycles. The lowest BCUT2D eigenvalue weighted by Crippen LogP contribution is -2.43. The molecule has 2 saturated heterocycles. The fourth-order valence-electron chi connectivity index (χ4n) is 3.39. The first-order valence-corrected chi connectivity index (χ1v) is 8.44. The molecule has 25 heavy (non-hydrogen) atoms. The standard InChI is InChI=1S/C18H24FN5O/c1-20-16-12-23(10-13-15(19)4-3-5-17(13)25)11-14(16)18(21-2)24-8-6-22-7-9-24/h3-5,22,25H,2,6-12H2,1H3/b18-14+,20-16-. The van der Waals surface area contributed by atoms with Gasteiger partial charge in [-0.05, 0) is 18.9 Å². The molecule has 0 aliphatic carbocycles. The molecule has 0 bridgehead atoms. The monoisotopic (exact) mass is 345 g/mol. The molecule has 0 aromatic heterocycles. The molecule has 3 rings (SSSR count). The Kier molecular flexibility index (Phi) is 5.45. The van der Waals surface area contributed by atoms with Crippen LogP contribution in [0.5, 0.6) is 5.75 Å². The third-order valence-electron chi connectivity index (χ3n) is 4.69. The SMILES string of the molecule is C=N/C(=C1/CN(Cc2c(O)cccc2F)C/C1=N/C)N1CCNCC1. The van der Waals surface area contributed by atoms with Gasteiger partial charge in [-0.25, -0.2) is 9.38 Å². The second-order valence-electron chi connectivity index (χ2n) is 6.25. The summed E-state index contributed by atoms with van der Waals surface area (Å²) in [6.45, 7) is 8.87. The van der Waals surface area contributed by atoms with E-state index < -0.39 is 5.82 Å². The van der Waals surface area contributed by atoms with Crippen LogP contribution < -0.4 is 5.32 Å². The molecule has 2 N–H and O–H groups in total. The van der Waals surface area contributed by atoms with Crippen LogP contribution in [0.25, 0.3) is 0 Å². The van der Waals surface area contributed by atoms with Gasteiger partial charge in [-0.3, -0.25) is 9.89 Å². The summed E-state index contributed by atoms with van der Waals surface area (Å²) in [6.07, 6.45) is 0. The first kappa shape index (κ1) is 17.6. The van der Waals surface area contributed by atoms with Gasteiger partial charge in [0.15, 0.2) is 0 Å². The van der Waals surface area contributed by atoms with Crippen LogP contribution in [0.1, 0.15) is 5.56 Å². The van der Waals surface area contributed by atoms with E-state index in [1.807, 2.05) is 0 Å². The highest BCUT2D eigenvalue weighted by molar-refractivity contribution is 6.04. The predicted octanol–water partition coefficient (Wildman–Crippen LogP) is 1.24. The Morgan fingerprint density at radius 3 is 2.72 bits per heavy atom. The van der Waals surface area contributed by atoms with Crippen molar-refractivity contribution in [1.82, 2.24) is 15.1 Å². The quantitative estimate of drug-likeness (QED) is 0.806. The Balaban J connectivity index is 1.84. The van der Waals surface area contributed by atoms with E-state index in [2.05, 4.69) is 31.8 Å². The molecule has 0 saturated carbocycles. The molecular formula is C18H24FN5O. The van der Waals surface area contributed by atoms with Crippen molar-refractivity contribution in [2.75, 3.05) is 46.3 Å². The van der Waals surface area contributed by atoms with Crippen molar-refractivity contribution in [3.63, 3.8) is 0 Å². The number of hydrogen-bond donors (Lipinski definition) is 2. The molecular weight excluding hydrogens is 321 g/mol. The van der Waals surface area contributed by atoms with Crippen LogP contribution in [0.4, 0.5) is 4.39 Å². The first-order valence-electron chi connectivity index (χ1n) is 8.44. The van der Waals surface area contributed by atoms with Crippen LogP contribution in [-0.2, 0) is 6.54 Å². The molecule has 6 nitrogen and oxygen atoms in total. The summed E-state index contributed by atoms with van der Waals surface area (Å²) >= 11 is 0. The summed E-state index contributed by atoms with van der Waals surface area (Å²) in [5.41, 5.74) is 2.29. The Labute approximate surface area is 147 Å². The maximum Gasteiger partial charge on any atom is 0.134 e. The number of aromatic hydroxyl groups is 1. The summed E-state index contributed by atoms with van der Waals surface area (Å²) in [5, 5.41) is 13.3. The van der Waals surface area contributed by atoms with E-state index in [-0.39, 0.29) is 5.75 Å². The van der Waals surface area contributed by atoms with E-state index >= 15 is 0 Å². The molecule has 2 aliphatic heterocycles. The zero-order chi connectivity index (χ0) is 17.8. The minimum absolute atomic E-state index is 0.0170. The number of nitrogens with zero attached hydrogens (tertiary/aromatic N) is 4. The van der Waals surface area contributed by atoms with Crippen LogP contribution >= 0.6 is 0 Å². The third kappa shape index (κ3) is 3.72. The average molecular weight is 345 g/mol. The van der Waals surface area contributed by atoms with Crippen LogP contribution in [0, 0.1) is 5.82 Å². The van der Waals surface area contributed by atoms with E-state index in [9.17, 15) is 9.50 Å². The van der Waals surface area contributed by atoms with Gasteiger partial charge in [-0.15, -0.1) is 0 Å². The summed E-state index contributed by atoms with van der Waals surface area (Å²) in [4.78, 5) is 12.9. The normalized spacial score (nSPS) is 22.5. The minimum atomic E-state index is -0.392. The van der Waals surface area contributed by atoms with Crippen molar-refractivity contribution in [3.05, 3.63) is 41.0 Å². The Morgan fingerprint density at radius 1 is 1.32 bits per heavy atom. The molecule has 2 aliphatic rings. The lowest BCUT2D eigenvalue weighted by Gasteiger charge is -2.30. The number of halogens is 1. The molecule has 134 valence electrons. The molecule has 7 heteroatoms. The number of aliphatic imine (C=N–C) groups is 2. The van der Waals surface area contributed by atoms with Gasteiger partial charge in [0.25, 0.3) is 0 Å². The largest absolute Gasteiger partial charge is 0.508 e. The molecule has 0 amide bonds. The van der Waals surface area contributed by atoms with E-state index in [1.165, 1.54) is 18.2 Å². The van der Waals surface area contributed by atoms with Crippen molar-refractivity contribution in [2.45, 2.75) is 6.54 Å². The second kappa shape index (κ2) is 7.76. The number of benzene rings is 1. The lowest BCUT2D eigenvalue weighted by molar-refractivity contribution is 0.291. The van der Waals surface area contributed by atoms with Crippen molar-refractivity contribution in [3.8, 4) is 5.75 Å². The Bertz CT molecular complexity index is 689. The molecule has 1 aromatic carbocycles. The zero-order valence-electron chi connectivity index (χ0n) is 14.5. The van der Waals surface area contributed by atoms with Gasteiger partial charge >= 0.3 is 0 Å². The van der Waals surface area contributed by atoms with Crippen LogP contribution in [-0.4, -0.2) is 73.7 Å². The minimum Gasteiger partial charge on any atom is -0.508 e. The third-order valence-corrected chi connectivity index (χ3v) is 4.69. The van der Waals surface area contributed by atoms with Crippen molar-refractivity contribution in [2.24, 2.45) is 9.98 Å². The Hall–Kier alpha value is -2.25. The van der Waals surface area contributed by atoms with Crippen LogP contribution in [0.3, 0.4) is 0 Å². The number of phenols is 1. The van der Waals surface area contributed by atoms with Crippen molar-refractivity contribution >= 4 is 12.4 Å². The highest BCUT2D eigenvalue weighted by Crippen LogP contribution is 2.26. The van der Waals surface area contributed by atoms with E-state index in [0.717, 1.165) is 43.3 Å². The van der Waals surface area contributed by atoms with Gasteiger partial charge in [0.1, 0.15) is 17.4 Å². The van der Waals surface area contributed by atoms with Gasteiger partial charge < -0.3 is 15.3 Å². The lowest BCUT2D eigenvalue weighted by atomic mass is 10.1. The number of phenolic OH excluding ortho intramolecular Hbond substituents is 1. The molecule has 0 radical (unpaired) electrons. The number of rotatable bonds is 4. The summed E-state index contributed by atoms with van der Waals surface area (Å²) in [5.74, 6) is 0.454. The maximum atomic E-state index is 14.0. The number of hydrogen-bond acceptors (Lipinski definition) is 6. The predicted molar refractivity (Wildman–Crippen MR) is 97.7 cm³/mol. The average Bonchev–Trinajstić information content (AvgIpc) is 3.03. The molecule has 0 spiro atoms. The van der Waals surface area contributed by atoms with E-state index in [4.69, 9.17) is 0 Å². The number of piperazine rings is 1. The highest BCUT2D eigenvalue weighted by atomic mass is 19.1. The smallest absolute Gasteiger partial charge is 0.134 e. The van der Waals surface area contributed by atoms with Gasteiger partial charge in [-0.2, -0.15) is 0 Å². The molecule has 0 unspecified atom stereocenters. The van der Waals surface area contributed by atoms with Gasteiger partial charge in [0, 0.05) is 64.0 Å². The summed E-state index contributed by atoms with van der Waals surface area (Å²) in [7, 11) is 1.76. The zero-order valence-corrected chi connectivity index (χ0v) is 14.5. The molecule has 2 fully saturated rings. The van der Waals surface area contributed by atoms with Gasteiger partial charge in [0.05, 0.1) is 5.71 Å². The Morgan fingerprint density at radius 2 is 2.08 bits per heavy atom. The molecule has 0 atom stereocenters. The number of nitrogens with one attached hydrogen (secondary N) is 1. The fraction of sp³-hybridized carbons (Fsp3) is 0.444. The maximum absolute atomic E-state index is 14.0. The second-order valence-corrected chi connectivity index (χ2v) is 6.25. The van der Waals surface area contributed by atoms with Crippen molar-refractivity contribution < 1.29 is 9.50 Å². The summed E-state index contributed by atoms with van der Waals surface area (Å²) < 4.78 is 14.0. The van der Waals surface area contributed by atoms with Crippen LogP contribution in [0.2, 0.25) is 0 Å².